The van der Waals surface area contributed by atoms with Crippen LogP contribution in [0.5, 0.6) is 0 Å². The Bertz CT molecular complexity index is 1090. The normalized spacial score (nSPS) is 10.8. The maximum absolute atomic E-state index is 12.5. The number of hydrogen-bond donors (Lipinski definition) is 1. The fraction of sp³-hybridized carbons (Fsp3) is 0.143. The monoisotopic (exact) mass is 404 g/mol. The molecule has 0 atom stereocenters. The highest BCUT2D eigenvalue weighted by molar-refractivity contribution is 7.99. The van der Waals surface area contributed by atoms with Crippen molar-refractivity contribution in [2.24, 2.45) is 0 Å². The first-order valence-corrected chi connectivity index (χ1v) is 10.1. The lowest BCUT2D eigenvalue weighted by atomic mass is 10.2. The van der Waals surface area contributed by atoms with E-state index in [2.05, 4.69) is 20.6 Å². The lowest BCUT2D eigenvalue weighted by Gasteiger charge is -2.09. The number of thioether (sulfide) groups is 1. The molecule has 0 aliphatic rings. The number of benzene rings is 2. The number of nitrogens with one attached hydrogen (secondary N) is 1. The predicted octanol–water partition coefficient (Wildman–Crippen LogP) is 3.55. The number of hydrogen-bond acceptors (Lipinski definition) is 5. The Morgan fingerprint density at radius 1 is 1.07 bits per heavy atom. The van der Waals surface area contributed by atoms with Crippen molar-refractivity contribution in [2.45, 2.75) is 18.6 Å². The maximum atomic E-state index is 12.5. The van der Waals surface area contributed by atoms with E-state index in [9.17, 15) is 4.79 Å². The van der Waals surface area contributed by atoms with Crippen LogP contribution in [0.25, 0.3) is 5.69 Å². The van der Waals surface area contributed by atoms with Crippen LogP contribution in [0.4, 0.5) is 5.82 Å². The Labute approximate surface area is 172 Å². The molecule has 0 saturated carbocycles. The summed E-state index contributed by atoms with van der Waals surface area (Å²) in [6.07, 6.45) is 3.33. The molecular formula is C21H20N6OS. The number of carbonyl (C=O) groups is 1. The van der Waals surface area contributed by atoms with Gasteiger partial charge in [-0.3, -0.25) is 9.36 Å². The quantitative estimate of drug-likeness (QED) is 0.477. The zero-order chi connectivity index (χ0) is 20.1. The standard InChI is InChI=1S/C21H20N6OS/c1-16-7-9-18(10-8-16)26-15-22-25-21(26)29-14-20(28)24-19-11-12-23-27(19)13-17-5-3-2-4-6-17/h2-12,15H,13-14H2,1H3,(H,24,28). The highest BCUT2D eigenvalue weighted by Gasteiger charge is 2.12. The van der Waals surface area contributed by atoms with E-state index in [1.54, 1.807) is 23.3 Å². The van der Waals surface area contributed by atoms with Crippen molar-refractivity contribution in [3.8, 4) is 5.69 Å². The smallest absolute Gasteiger partial charge is 0.235 e. The first kappa shape index (κ1) is 18.9. The number of aromatic nitrogens is 5. The van der Waals surface area contributed by atoms with Gasteiger partial charge in [-0.15, -0.1) is 10.2 Å². The Morgan fingerprint density at radius 2 is 1.86 bits per heavy atom. The lowest BCUT2D eigenvalue weighted by Crippen LogP contribution is -2.18. The van der Waals surface area contributed by atoms with Gasteiger partial charge in [-0.1, -0.05) is 59.8 Å². The molecule has 0 aliphatic carbocycles. The summed E-state index contributed by atoms with van der Waals surface area (Å²) >= 11 is 1.34. The molecule has 0 unspecified atom stereocenters. The van der Waals surface area contributed by atoms with Gasteiger partial charge in [-0.2, -0.15) is 5.10 Å². The van der Waals surface area contributed by atoms with Crippen LogP contribution in [0.15, 0.2) is 78.3 Å². The summed E-state index contributed by atoms with van der Waals surface area (Å²) in [4.78, 5) is 12.5. The van der Waals surface area contributed by atoms with E-state index < -0.39 is 0 Å². The molecule has 146 valence electrons. The van der Waals surface area contributed by atoms with Gasteiger partial charge in [0.2, 0.25) is 5.91 Å². The third-order valence-corrected chi connectivity index (χ3v) is 5.26. The van der Waals surface area contributed by atoms with Crippen molar-refractivity contribution in [3.63, 3.8) is 0 Å². The summed E-state index contributed by atoms with van der Waals surface area (Å²) in [5, 5.41) is 16.0. The van der Waals surface area contributed by atoms with Crippen LogP contribution >= 0.6 is 11.8 Å². The fourth-order valence-electron chi connectivity index (χ4n) is 2.84. The molecule has 7 nitrogen and oxygen atoms in total. The second kappa shape index (κ2) is 8.74. The fourth-order valence-corrected chi connectivity index (χ4v) is 3.56. The van der Waals surface area contributed by atoms with Crippen LogP contribution in [0.3, 0.4) is 0 Å². The first-order valence-electron chi connectivity index (χ1n) is 9.14. The van der Waals surface area contributed by atoms with Crippen molar-refractivity contribution < 1.29 is 4.79 Å². The number of rotatable bonds is 7. The van der Waals surface area contributed by atoms with Gasteiger partial charge in [0.05, 0.1) is 18.5 Å². The molecule has 1 N–H and O–H groups in total. The second-order valence-corrected chi connectivity index (χ2v) is 7.46. The van der Waals surface area contributed by atoms with Crippen molar-refractivity contribution in [1.29, 1.82) is 0 Å². The van der Waals surface area contributed by atoms with Gasteiger partial charge in [-0.05, 0) is 24.6 Å². The topological polar surface area (TPSA) is 77.6 Å². The van der Waals surface area contributed by atoms with Crippen LogP contribution in [0.1, 0.15) is 11.1 Å². The molecule has 2 heterocycles. The van der Waals surface area contributed by atoms with Crippen molar-refractivity contribution in [1.82, 2.24) is 24.5 Å². The number of amides is 1. The molecule has 4 aromatic rings. The molecule has 0 spiro atoms. The Balaban J connectivity index is 1.38. The average Bonchev–Trinajstić information content (AvgIpc) is 3.37. The van der Waals surface area contributed by atoms with Gasteiger partial charge in [0.15, 0.2) is 5.16 Å². The van der Waals surface area contributed by atoms with Crippen molar-refractivity contribution in [3.05, 3.63) is 84.3 Å². The number of carbonyl (C=O) groups excluding carboxylic acids is 1. The molecule has 4 rings (SSSR count). The van der Waals surface area contributed by atoms with Gasteiger partial charge in [0.1, 0.15) is 12.1 Å². The SMILES string of the molecule is Cc1ccc(-n2cnnc2SCC(=O)Nc2ccnn2Cc2ccccc2)cc1. The summed E-state index contributed by atoms with van der Waals surface area (Å²) in [6, 6.07) is 19.9. The Kier molecular flexibility index (Phi) is 5.71. The van der Waals surface area contributed by atoms with E-state index in [0.29, 0.717) is 17.5 Å². The van der Waals surface area contributed by atoms with Crippen LogP contribution in [-0.2, 0) is 11.3 Å². The molecule has 1 amide bonds. The second-order valence-electron chi connectivity index (χ2n) is 6.52. The Morgan fingerprint density at radius 3 is 2.66 bits per heavy atom. The molecule has 2 aromatic heterocycles. The third kappa shape index (κ3) is 4.72. The van der Waals surface area contributed by atoms with Gasteiger partial charge in [0, 0.05) is 11.8 Å². The van der Waals surface area contributed by atoms with Gasteiger partial charge >= 0.3 is 0 Å². The van der Waals surface area contributed by atoms with Crippen LogP contribution in [-0.4, -0.2) is 36.2 Å². The van der Waals surface area contributed by atoms with Crippen LogP contribution in [0.2, 0.25) is 0 Å². The first-order chi connectivity index (χ1) is 14.2. The summed E-state index contributed by atoms with van der Waals surface area (Å²) in [5.41, 5.74) is 3.26. The highest BCUT2D eigenvalue weighted by atomic mass is 32.2. The highest BCUT2D eigenvalue weighted by Crippen LogP contribution is 2.20. The van der Waals surface area contributed by atoms with E-state index >= 15 is 0 Å². The van der Waals surface area contributed by atoms with Crippen molar-refractivity contribution >= 4 is 23.5 Å². The zero-order valence-corrected chi connectivity index (χ0v) is 16.7. The molecule has 8 heteroatoms. The molecule has 0 fully saturated rings. The average molecular weight is 404 g/mol. The molecule has 0 bridgehead atoms. The summed E-state index contributed by atoms with van der Waals surface area (Å²) in [5.74, 6) is 0.767. The summed E-state index contributed by atoms with van der Waals surface area (Å²) < 4.78 is 3.64. The van der Waals surface area contributed by atoms with Crippen LogP contribution in [0, 0.1) is 6.92 Å². The van der Waals surface area contributed by atoms with E-state index in [1.807, 2.05) is 66.1 Å². The predicted molar refractivity (Wildman–Crippen MR) is 113 cm³/mol. The lowest BCUT2D eigenvalue weighted by molar-refractivity contribution is -0.113. The third-order valence-electron chi connectivity index (χ3n) is 4.32. The zero-order valence-electron chi connectivity index (χ0n) is 15.9. The maximum Gasteiger partial charge on any atom is 0.235 e. The van der Waals surface area contributed by atoms with E-state index in [4.69, 9.17) is 0 Å². The number of anilines is 1. The minimum Gasteiger partial charge on any atom is -0.310 e. The van der Waals surface area contributed by atoms with E-state index in [1.165, 1.54) is 17.3 Å². The van der Waals surface area contributed by atoms with Crippen molar-refractivity contribution in [2.75, 3.05) is 11.1 Å². The number of nitrogens with zero attached hydrogens (tertiary/aromatic N) is 5. The molecule has 0 saturated heterocycles. The minimum absolute atomic E-state index is 0.122. The van der Waals surface area contributed by atoms with Crippen LogP contribution < -0.4 is 5.32 Å². The van der Waals surface area contributed by atoms with E-state index in [0.717, 1.165) is 11.3 Å². The minimum atomic E-state index is -0.122. The number of aryl methyl sites for hydroxylation is 1. The molecule has 0 aliphatic heterocycles. The molecule has 29 heavy (non-hydrogen) atoms. The molecule has 2 aromatic carbocycles. The van der Waals surface area contributed by atoms with Gasteiger partial charge in [0.25, 0.3) is 0 Å². The molecule has 0 radical (unpaired) electrons. The van der Waals surface area contributed by atoms with Gasteiger partial charge < -0.3 is 5.32 Å². The largest absolute Gasteiger partial charge is 0.310 e. The summed E-state index contributed by atoms with van der Waals surface area (Å²) in [6.45, 7) is 2.64. The van der Waals surface area contributed by atoms with Gasteiger partial charge in [-0.25, -0.2) is 4.68 Å². The molecular weight excluding hydrogens is 384 g/mol. The Hall–Kier alpha value is -3.39. The van der Waals surface area contributed by atoms with E-state index in [-0.39, 0.29) is 11.7 Å². The summed E-state index contributed by atoms with van der Waals surface area (Å²) in [7, 11) is 0.